The number of halogens is 6. The second kappa shape index (κ2) is 8.11. The van der Waals surface area contributed by atoms with Gasteiger partial charge in [-0.15, -0.1) is 0 Å². The number of rotatable bonds is 4. The maximum atomic E-state index is 13.2. The minimum absolute atomic E-state index is 0.0926. The number of hydrogen-bond donors (Lipinski definition) is 1. The Morgan fingerprint density at radius 3 is 2.32 bits per heavy atom. The molecule has 3 heterocycles. The molecule has 2 aromatic carbocycles. The van der Waals surface area contributed by atoms with Gasteiger partial charge >= 0.3 is 12.4 Å². The molecule has 34 heavy (non-hydrogen) atoms. The van der Waals surface area contributed by atoms with Crippen LogP contribution in [0.5, 0.6) is 0 Å². The molecule has 10 heteroatoms. The van der Waals surface area contributed by atoms with E-state index in [2.05, 4.69) is 10.2 Å². The Hall–Kier alpha value is -3.43. The summed E-state index contributed by atoms with van der Waals surface area (Å²) in [6.45, 7) is 1.77. The number of alkyl halides is 6. The molecule has 1 N–H and O–H groups in total. The van der Waals surface area contributed by atoms with E-state index in [0.717, 1.165) is 49.5 Å². The van der Waals surface area contributed by atoms with E-state index in [0.29, 0.717) is 22.8 Å². The van der Waals surface area contributed by atoms with E-state index >= 15 is 0 Å². The van der Waals surface area contributed by atoms with Gasteiger partial charge in [0.05, 0.1) is 35.2 Å². The fourth-order valence-electron chi connectivity index (χ4n) is 4.49. The van der Waals surface area contributed by atoms with Gasteiger partial charge in [-0.25, -0.2) is 4.98 Å². The molecule has 2 aliphatic heterocycles. The number of aromatic nitrogens is 1. The van der Waals surface area contributed by atoms with Crippen LogP contribution < -0.4 is 15.1 Å². The zero-order valence-corrected chi connectivity index (χ0v) is 17.8. The van der Waals surface area contributed by atoms with E-state index in [1.54, 1.807) is 18.2 Å². The van der Waals surface area contributed by atoms with Crippen molar-refractivity contribution in [3.05, 3.63) is 71.8 Å². The molecule has 0 saturated carbocycles. The molecule has 3 aromatic rings. The van der Waals surface area contributed by atoms with Gasteiger partial charge in [0.15, 0.2) is 5.82 Å². The summed E-state index contributed by atoms with van der Waals surface area (Å²) in [6.07, 6.45) is -8.06. The standard InChI is InChI=1S/C24H20F6N4/c25-23(26,27)16-4-1-3-15(11-16)20-7-8-21-22(32-20)34(19-9-10-33(21)13-19)14-31-18-6-2-5-17(12-18)24(28,29)30/h1-8,11-12,19,31H,9-10,13-14H2/t19-/m0/s1. The predicted molar refractivity (Wildman–Crippen MR) is 118 cm³/mol. The molecular weight excluding hydrogens is 458 g/mol. The fraction of sp³-hybridized carbons (Fsp3) is 0.292. The van der Waals surface area contributed by atoms with Crippen LogP contribution in [0.15, 0.2) is 60.7 Å². The molecule has 0 aliphatic carbocycles. The Morgan fingerprint density at radius 2 is 1.59 bits per heavy atom. The number of anilines is 3. The smallest absolute Gasteiger partial charge is 0.368 e. The maximum Gasteiger partial charge on any atom is 0.416 e. The summed E-state index contributed by atoms with van der Waals surface area (Å²) in [5, 5.41) is 3.06. The molecule has 1 saturated heterocycles. The minimum atomic E-state index is -4.46. The van der Waals surface area contributed by atoms with Crippen LogP contribution in [0.1, 0.15) is 17.5 Å². The molecule has 1 fully saturated rings. The molecule has 4 nitrogen and oxygen atoms in total. The summed E-state index contributed by atoms with van der Waals surface area (Å²) in [4.78, 5) is 8.85. The molecule has 2 aliphatic rings. The normalized spacial score (nSPS) is 17.6. The van der Waals surface area contributed by atoms with E-state index in [1.165, 1.54) is 12.1 Å². The maximum absolute atomic E-state index is 13.2. The number of hydrogen-bond acceptors (Lipinski definition) is 4. The first kappa shape index (κ1) is 22.4. The van der Waals surface area contributed by atoms with Crippen LogP contribution in [0, 0.1) is 0 Å². The van der Waals surface area contributed by atoms with Crippen LogP contribution in [0.3, 0.4) is 0 Å². The van der Waals surface area contributed by atoms with Gasteiger partial charge in [-0.05, 0) is 48.9 Å². The molecule has 1 aromatic heterocycles. The van der Waals surface area contributed by atoms with Crippen LogP contribution in [-0.4, -0.2) is 30.8 Å². The van der Waals surface area contributed by atoms with Crippen molar-refractivity contribution in [1.29, 1.82) is 0 Å². The van der Waals surface area contributed by atoms with Crippen molar-refractivity contribution in [2.24, 2.45) is 0 Å². The van der Waals surface area contributed by atoms with Crippen molar-refractivity contribution < 1.29 is 26.3 Å². The Bertz CT molecular complexity index is 1210. The van der Waals surface area contributed by atoms with E-state index in [1.807, 2.05) is 11.0 Å². The summed E-state index contributed by atoms with van der Waals surface area (Å²) >= 11 is 0. The molecule has 5 rings (SSSR count). The van der Waals surface area contributed by atoms with E-state index in [-0.39, 0.29) is 12.7 Å². The quantitative estimate of drug-likeness (QED) is 0.449. The van der Waals surface area contributed by atoms with Crippen LogP contribution in [0.4, 0.5) is 43.5 Å². The third-order valence-corrected chi connectivity index (χ3v) is 6.20. The zero-order valence-electron chi connectivity index (χ0n) is 17.8. The van der Waals surface area contributed by atoms with Crippen molar-refractivity contribution in [3.8, 4) is 11.3 Å². The van der Waals surface area contributed by atoms with Gasteiger partial charge in [-0.1, -0.05) is 18.2 Å². The molecule has 178 valence electrons. The van der Waals surface area contributed by atoms with Crippen molar-refractivity contribution >= 4 is 17.2 Å². The van der Waals surface area contributed by atoms with E-state index in [4.69, 9.17) is 4.98 Å². The molecular formula is C24H20F6N4. The molecule has 1 atom stereocenters. The predicted octanol–water partition coefficient (Wildman–Crippen LogP) is 6.25. The lowest BCUT2D eigenvalue weighted by molar-refractivity contribution is -0.138. The fourth-order valence-corrected chi connectivity index (χ4v) is 4.49. The summed E-state index contributed by atoms with van der Waals surface area (Å²) in [6, 6.07) is 13.6. The summed E-state index contributed by atoms with van der Waals surface area (Å²) < 4.78 is 78.7. The lowest BCUT2D eigenvalue weighted by Crippen LogP contribution is -2.45. The first-order valence-corrected chi connectivity index (χ1v) is 10.7. The third-order valence-electron chi connectivity index (χ3n) is 6.20. The highest BCUT2D eigenvalue weighted by Crippen LogP contribution is 2.40. The highest BCUT2D eigenvalue weighted by Gasteiger charge is 2.37. The van der Waals surface area contributed by atoms with E-state index < -0.39 is 23.5 Å². The average Bonchev–Trinajstić information content (AvgIpc) is 3.23. The van der Waals surface area contributed by atoms with Crippen LogP contribution in [0.2, 0.25) is 0 Å². The van der Waals surface area contributed by atoms with Crippen LogP contribution >= 0.6 is 0 Å². The van der Waals surface area contributed by atoms with Gasteiger partial charge in [-0.3, -0.25) is 0 Å². The van der Waals surface area contributed by atoms with Gasteiger partial charge in [0, 0.05) is 24.3 Å². The average molecular weight is 478 g/mol. The highest BCUT2D eigenvalue weighted by atomic mass is 19.4. The molecule has 0 amide bonds. The van der Waals surface area contributed by atoms with Gasteiger partial charge in [0.25, 0.3) is 0 Å². The van der Waals surface area contributed by atoms with Crippen molar-refractivity contribution in [3.63, 3.8) is 0 Å². The van der Waals surface area contributed by atoms with Gasteiger partial charge in [0.2, 0.25) is 0 Å². The van der Waals surface area contributed by atoms with Crippen LogP contribution in [0.25, 0.3) is 11.3 Å². The molecule has 2 bridgehead atoms. The largest absolute Gasteiger partial charge is 0.416 e. The zero-order chi connectivity index (χ0) is 24.1. The van der Waals surface area contributed by atoms with Gasteiger partial charge < -0.3 is 15.1 Å². The van der Waals surface area contributed by atoms with Crippen molar-refractivity contribution in [1.82, 2.24) is 4.98 Å². The lowest BCUT2D eigenvalue weighted by Gasteiger charge is -2.37. The Labute approximate surface area is 191 Å². The number of nitrogens with one attached hydrogen (secondary N) is 1. The Morgan fingerprint density at radius 1 is 0.882 bits per heavy atom. The third kappa shape index (κ3) is 4.24. The molecule has 0 unspecified atom stereocenters. The Balaban J connectivity index is 1.45. The number of pyridine rings is 1. The van der Waals surface area contributed by atoms with Gasteiger partial charge in [-0.2, -0.15) is 26.3 Å². The minimum Gasteiger partial charge on any atom is -0.368 e. The Kier molecular flexibility index (Phi) is 5.33. The second-order valence-electron chi connectivity index (χ2n) is 8.39. The van der Waals surface area contributed by atoms with Crippen molar-refractivity contribution in [2.75, 3.05) is 34.9 Å². The number of fused-ring (bicyclic) bond motifs is 4. The lowest BCUT2D eigenvalue weighted by atomic mass is 10.1. The van der Waals surface area contributed by atoms with Crippen LogP contribution in [-0.2, 0) is 12.4 Å². The van der Waals surface area contributed by atoms with E-state index in [9.17, 15) is 26.3 Å². The first-order chi connectivity index (χ1) is 16.1. The topological polar surface area (TPSA) is 31.4 Å². The number of benzene rings is 2. The monoisotopic (exact) mass is 478 g/mol. The highest BCUT2D eigenvalue weighted by molar-refractivity contribution is 5.76. The summed E-state index contributed by atoms with van der Waals surface area (Å²) in [7, 11) is 0. The SMILES string of the molecule is FC(F)(F)c1cccc(NCN2c3nc(-c4cccc(C(F)(F)F)c4)ccc3N3CC[C@H]2C3)c1. The second-order valence-corrected chi connectivity index (χ2v) is 8.39. The van der Waals surface area contributed by atoms with Crippen molar-refractivity contribution in [2.45, 2.75) is 24.8 Å². The molecule has 0 spiro atoms. The summed E-state index contributed by atoms with van der Waals surface area (Å²) in [5.74, 6) is 0.600. The summed E-state index contributed by atoms with van der Waals surface area (Å²) in [5.41, 5.74) is 0.429. The first-order valence-electron chi connectivity index (χ1n) is 10.7. The molecule has 0 radical (unpaired) electrons. The van der Waals surface area contributed by atoms with Gasteiger partial charge in [0.1, 0.15) is 0 Å². The number of nitrogens with zero attached hydrogens (tertiary/aromatic N) is 3.